The highest BCUT2D eigenvalue weighted by atomic mass is 16.3. The number of fused-ring (bicyclic) bond motifs is 8. The summed E-state index contributed by atoms with van der Waals surface area (Å²) in [4.78, 5) is 10.1. The van der Waals surface area contributed by atoms with Crippen molar-refractivity contribution in [3.8, 4) is 56.2 Å². The van der Waals surface area contributed by atoms with Crippen molar-refractivity contribution in [1.82, 2.24) is 9.97 Å². The van der Waals surface area contributed by atoms with E-state index in [1.807, 2.05) is 36.4 Å². The van der Waals surface area contributed by atoms with Gasteiger partial charge in [-0.25, -0.2) is 9.97 Å². The molecule has 2 heterocycles. The minimum atomic E-state index is 0.172. The van der Waals surface area contributed by atoms with E-state index in [1.165, 1.54) is 65.5 Å². The maximum Gasteiger partial charge on any atom is 0.160 e. The monoisotopic (exact) mass is 630 g/mol. The van der Waals surface area contributed by atoms with E-state index < -0.39 is 0 Å². The van der Waals surface area contributed by atoms with E-state index in [1.54, 1.807) is 0 Å². The molecule has 8 aromatic rings. The average molecular weight is 631 g/mol. The number of nitrogens with zero attached hydrogens (tertiary/aromatic N) is 2. The van der Waals surface area contributed by atoms with E-state index in [0.717, 1.165) is 50.0 Å². The van der Waals surface area contributed by atoms with Crippen LogP contribution in [0, 0.1) is 0 Å². The van der Waals surface area contributed by atoms with E-state index in [0.29, 0.717) is 5.82 Å². The quantitative estimate of drug-likeness (QED) is 0.194. The summed E-state index contributed by atoms with van der Waals surface area (Å²) in [5.41, 5.74) is 15.1. The predicted octanol–water partition coefficient (Wildman–Crippen LogP) is 12.3. The first kappa shape index (κ1) is 28.2. The zero-order valence-electron chi connectivity index (χ0n) is 27.2. The van der Waals surface area contributed by atoms with Crippen LogP contribution in [-0.2, 0) is 5.41 Å². The van der Waals surface area contributed by atoms with E-state index in [-0.39, 0.29) is 5.41 Å². The number of hydrogen-bond acceptors (Lipinski definition) is 3. The van der Waals surface area contributed by atoms with Crippen molar-refractivity contribution >= 4 is 21.9 Å². The summed E-state index contributed by atoms with van der Waals surface area (Å²) in [5.74, 6) is 0.713. The van der Waals surface area contributed by atoms with Crippen LogP contribution in [0.3, 0.4) is 0 Å². The van der Waals surface area contributed by atoms with E-state index in [9.17, 15) is 0 Å². The zero-order chi connectivity index (χ0) is 32.4. The highest BCUT2D eigenvalue weighted by molar-refractivity contribution is 6.07. The van der Waals surface area contributed by atoms with Gasteiger partial charge in [-0.15, -0.1) is 0 Å². The lowest BCUT2D eigenvalue weighted by Gasteiger charge is -2.36. The molecule has 10 rings (SSSR count). The second-order valence-electron chi connectivity index (χ2n) is 13.7. The summed E-state index contributed by atoms with van der Waals surface area (Å²) in [5, 5.41) is 2.20. The second kappa shape index (κ2) is 11.1. The van der Waals surface area contributed by atoms with Gasteiger partial charge in [0.05, 0.1) is 11.4 Å². The molecule has 0 N–H and O–H groups in total. The normalized spacial score (nSPS) is 14.7. The molecule has 1 fully saturated rings. The van der Waals surface area contributed by atoms with Crippen LogP contribution < -0.4 is 0 Å². The molecule has 0 radical (unpaired) electrons. The smallest absolute Gasteiger partial charge is 0.160 e. The fourth-order valence-electron chi connectivity index (χ4n) is 8.52. The minimum absolute atomic E-state index is 0.172. The van der Waals surface area contributed by atoms with Crippen LogP contribution in [0.2, 0.25) is 0 Å². The van der Waals surface area contributed by atoms with Gasteiger partial charge < -0.3 is 4.42 Å². The van der Waals surface area contributed by atoms with Gasteiger partial charge in [0, 0.05) is 32.9 Å². The third-order valence-electron chi connectivity index (χ3n) is 10.9. The zero-order valence-corrected chi connectivity index (χ0v) is 27.2. The van der Waals surface area contributed by atoms with Gasteiger partial charge in [-0.1, -0.05) is 122 Å². The van der Waals surface area contributed by atoms with Crippen LogP contribution >= 0.6 is 0 Å². The van der Waals surface area contributed by atoms with Gasteiger partial charge in [0.25, 0.3) is 0 Å². The predicted molar refractivity (Wildman–Crippen MR) is 200 cm³/mol. The molecule has 1 spiro atoms. The minimum Gasteiger partial charge on any atom is -0.456 e. The average Bonchev–Trinajstić information content (AvgIpc) is 3.67. The fraction of sp³-hybridized carbons (Fsp3) is 0.130. The Morgan fingerprint density at radius 3 is 1.76 bits per heavy atom. The molecule has 6 aromatic carbocycles. The SMILES string of the molecule is c1ccc(-c2cc(-c3ccc4oc5ccc(-c6ccc7c(c6)-c6ccccc6C76CCCCC6)cc5c4c3)nc(-c3ccccc3)n2)cc1. The maximum atomic E-state index is 6.38. The summed E-state index contributed by atoms with van der Waals surface area (Å²) in [6, 6.07) is 52.0. The first-order valence-corrected chi connectivity index (χ1v) is 17.4. The lowest BCUT2D eigenvalue weighted by molar-refractivity contribution is 0.353. The Hall–Kier alpha value is -5.80. The highest BCUT2D eigenvalue weighted by Crippen LogP contribution is 2.56. The number of aromatic nitrogens is 2. The lowest BCUT2D eigenvalue weighted by atomic mass is 9.68. The van der Waals surface area contributed by atoms with E-state index in [2.05, 4.69) is 109 Å². The molecule has 1 saturated carbocycles. The van der Waals surface area contributed by atoms with Crippen LogP contribution in [0.4, 0.5) is 0 Å². The maximum absolute atomic E-state index is 6.38. The number of hydrogen-bond donors (Lipinski definition) is 0. The molecule has 3 nitrogen and oxygen atoms in total. The van der Waals surface area contributed by atoms with E-state index in [4.69, 9.17) is 14.4 Å². The van der Waals surface area contributed by atoms with Crippen LogP contribution in [-0.4, -0.2) is 9.97 Å². The lowest BCUT2D eigenvalue weighted by Crippen LogP contribution is -2.27. The largest absolute Gasteiger partial charge is 0.456 e. The number of rotatable bonds is 4. The van der Waals surface area contributed by atoms with Gasteiger partial charge >= 0.3 is 0 Å². The van der Waals surface area contributed by atoms with Gasteiger partial charge in [-0.3, -0.25) is 0 Å². The molecule has 0 amide bonds. The van der Waals surface area contributed by atoms with Crippen molar-refractivity contribution in [1.29, 1.82) is 0 Å². The second-order valence-corrected chi connectivity index (χ2v) is 13.7. The van der Waals surface area contributed by atoms with Crippen molar-refractivity contribution < 1.29 is 4.42 Å². The summed E-state index contributed by atoms with van der Waals surface area (Å²) in [6.07, 6.45) is 6.45. The molecule has 0 saturated heterocycles. The van der Waals surface area contributed by atoms with Crippen LogP contribution in [0.25, 0.3) is 78.1 Å². The van der Waals surface area contributed by atoms with Gasteiger partial charge in [0.15, 0.2) is 5.82 Å². The Morgan fingerprint density at radius 2 is 1.00 bits per heavy atom. The van der Waals surface area contributed by atoms with E-state index >= 15 is 0 Å². The van der Waals surface area contributed by atoms with Crippen molar-refractivity contribution in [2.24, 2.45) is 0 Å². The first-order chi connectivity index (χ1) is 24.2. The Morgan fingerprint density at radius 1 is 0.429 bits per heavy atom. The van der Waals surface area contributed by atoms with Crippen LogP contribution in [0.1, 0.15) is 43.2 Å². The van der Waals surface area contributed by atoms with Crippen LogP contribution in [0.5, 0.6) is 0 Å². The Kier molecular flexibility index (Phi) is 6.42. The third kappa shape index (κ3) is 4.57. The standard InChI is InChI=1S/C46H34N2O/c1-4-12-30(13-5-1)41-29-42(48-45(47-41)31-14-6-2-7-15-31)34-20-23-44-38(28-34)37-27-33(19-22-43(37)49-44)32-18-21-40-36(26-32)35-16-8-9-17-39(35)46(40)24-10-3-11-25-46/h1-2,4-9,12-23,26-29H,3,10-11,24-25H2. The molecule has 0 atom stereocenters. The van der Waals surface area contributed by atoms with Gasteiger partial charge in [0.1, 0.15) is 11.2 Å². The fourth-order valence-corrected chi connectivity index (χ4v) is 8.52. The first-order valence-electron chi connectivity index (χ1n) is 17.4. The molecule has 2 aromatic heterocycles. The molecule has 49 heavy (non-hydrogen) atoms. The molecular formula is C46H34N2O. The molecular weight excluding hydrogens is 597 g/mol. The van der Waals surface area contributed by atoms with Crippen molar-refractivity contribution in [2.75, 3.05) is 0 Å². The van der Waals surface area contributed by atoms with Gasteiger partial charge in [-0.2, -0.15) is 0 Å². The Bertz CT molecular complexity index is 2470. The Balaban J connectivity index is 1.09. The summed E-state index contributed by atoms with van der Waals surface area (Å²) < 4.78 is 6.38. The van der Waals surface area contributed by atoms with Gasteiger partial charge in [0.2, 0.25) is 0 Å². The summed E-state index contributed by atoms with van der Waals surface area (Å²) in [7, 11) is 0. The molecule has 0 bridgehead atoms. The van der Waals surface area contributed by atoms with Crippen LogP contribution in [0.15, 0.2) is 150 Å². The molecule has 0 aliphatic heterocycles. The Labute approximate surface area is 285 Å². The molecule has 0 unspecified atom stereocenters. The van der Waals surface area contributed by atoms with Crippen molar-refractivity contribution in [3.63, 3.8) is 0 Å². The van der Waals surface area contributed by atoms with Crippen molar-refractivity contribution in [3.05, 3.63) is 157 Å². The molecule has 3 heteroatoms. The molecule has 2 aliphatic carbocycles. The third-order valence-corrected chi connectivity index (χ3v) is 10.9. The van der Waals surface area contributed by atoms with Gasteiger partial charge in [-0.05, 0) is 88.7 Å². The molecule has 234 valence electrons. The summed E-state index contributed by atoms with van der Waals surface area (Å²) >= 11 is 0. The number of benzene rings is 6. The molecule has 2 aliphatic rings. The topological polar surface area (TPSA) is 38.9 Å². The summed E-state index contributed by atoms with van der Waals surface area (Å²) in [6.45, 7) is 0. The highest BCUT2D eigenvalue weighted by Gasteiger charge is 2.43. The van der Waals surface area contributed by atoms with Crippen molar-refractivity contribution in [2.45, 2.75) is 37.5 Å². The number of furan rings is 1.